The smallest absolute Gasteiger partial charge is 0.237 e. The third-order valence-electron chi connectivity index (χ3n) is 5.14. The van der Waals surface area contributed by atoms with Crippen LogP contribution in [0.1, 0.15) is 51.7 Å². The summed E-state index contributed by atoms with van der Waals surface area (Å²) in [6, 6.07) is 5.35. The van der Waals surface area contributed by atoms with Crippen LogP contribution in [0.3, 0.4) is 0 Å². The van der Waals surface area contributed by atoms with Crippen molar-refractivity contribution in [3.8, 4) is 5.75 Å². The average Bonchev–Trinajstić information content (AvgIpc) is 2.60. The van der Waals surface area contributed by atoms with Crippen molar-refractivity contribution in [1.29, 1.82) is 0 Å². The van der Waals surface area contributed by atoms with Crippen molar-refractivity contribution in [2.24, 2.45) is 5.92 Å². The molecule has 0 saturated heterocycles. The van der Waals surface area contributed by atoms with Gasteiger partial charge in [-0.1, -0.05) is 33.8 Å². The number of carbonyl (C=O) groups is 1. The van der Waals surface area contributed by atoms with E-state index in [1.165, 1.54) is 0 Å². The van der Waals surface area contributed by atoms with E-state index in [4.69, 9.17) is 0 Å². The highest BCUT2D eigenvalue weighted by Crippen LogP contribution is 2.21. The minimum Gasteiger partial charge on any atom is -0.508 e. The van der Waals surface area contributed by atoms with Gasteiger partial charge in [-0.25, -0.2) is 0 Å². The number of nitrogens with zero attached hydrogens (tertiary/aromatic N) is 1. The van der Waals surface area contributed by atoms with E-state index in [2.05, 4.69) is 43.2 Å². The fourth-order valence-electron chi connectivity index (χ4n) is 3.60. The van der Waals surface area contributed by atoms with Crippen LogP contribution in [0.25, 0.3) is 0 Å². The first-order chi connectivity index (χ1) is 12.4. The number of amides is 1. The number of rotatable bonds is 9. The van der Waals surface area contributed by atoms with Gasteiger partial charge in [0.1, 0.15) is 5.75 Å². The third kappa shape index (κ3) is 5.71. The second kappa shape index (κ2) is 9.93. The maximum atomic E-state index is 12.8. The Morgan fingerprint density at radius 3 is 2.58 bits per heavy atom. The minimum absolute atomic E-state index is 0.0790. The largest absolute Gasteiger partial charge is 0.508 e. The molecule has 1 amide bonds. The molecule has 1 aliphatic rings. The topological polar surface area (TPSA) is 64.6 Å². The van der Waals surface area contributed by atoms with E-state index in [-0.39, 0.29) is 23.7 Å². The highest BCUT2D eigenvalue weighted by Gasteiger charge is 2.27. The highest BCUT2D eigenvalue weighted by molar-refractivity contribution is 5.82. The van der Waals surface area contributed by atoms with Crippen molar-refractivity contribution >= 4 is 5.91 Å². The molecule has 0 spiro atoms. The van der Waals surface area contributed by atoms with Gasteiger partial charge in [0.05, 0.1) is 6.04 Å². The van der Waals surface area contributed by atoms with E-state index in [0.717, 1.165) is 43.6 Å². The van der Waals surface area contributed by atoms with Gasteiger partial charge in [-0.15, -0.1) is 0 Å². The van der Waals surface area contributed by atoms with Gasteiger partial charge in [-0.3, -0.25) is 4.79 Å². The summed E-state index contributed by atoms with van der Waals surface area (Å²) in [6.45, 7) is 12.4. The summed E-state index contributed by atoms with van der Waals surface area (Å²) in [7, 11) is 0. The lowest BCUT2D eigenvalue weighted by atomic mass is 9.94. The molecule has 2 atom stereocenters. The molecule has 0 fully saturated rings. The molecule has 1 heterocycles. The van der Waals surface area contributed by atoms with E-state index in [0.29, 0.717) is 18.9 Å². The number of fused-ring (bicyclic) bond motifs is 1. The summed E-state index contributed by atoms with van der Waals surface area (Å²) in [5.41, 5.74) is 2.22. The van der Waals surface area contributed by atoms with Crippen LogP contribution in [0.5, 0.6) is 5.75 Å². The predicted molar refractivity (Wildman–Crippen MR) is 106 cm³/mol. The average molecular weight is 362 g/mol. The van der Waals surface area contributed by atoms with Gasteiger partial charge in [0.2, 0.25) is 5.91 Å². The Morgan fingerprint density at radius 1 is 1.27 bits per heavy atom. The van der Waals surface area contributed by atoms with Gasteiger partial charge in [-0.2, -0.15) is 0 Å². The van der Waals surface area contributed by atoms with Crippen LogP contribution in [0.4, 0.5) is 0 Å². The maximum absolute atomic E-state index is 12.8. The molecule has 3 N–H and O–H groups in total. The normalized spacial score (nSPS) is 18.0. The quantitative estimate of drug-likeness (QED) is 0.633. The third-order valence-corrected chi connectivity index (χ3v) is 5.14. The van der Waals surface area contributed by atoms with Crippen molar-refractivity contribution in [2.75, 3.05) is 19.6 Å². The van der Waals surface area contributed by atoms with Gasteiger partial charge in [0.25, 0.3) is 0 Å². The number of aromatic hydroxyl groups is 1. The minimum atomic E-state index is -0.209. The number of carbonyl (C=O) groups excluding carboxylic acids is 1. The van der Waals surface area contributed by atoms with E-state index < -0.39 is 0 Å². The van der Waals surface area contributed by atoms with Crippen LogP contribution < -0.4 is 10.6 Å². The SMILES string of the molecule is CCCN(CCC)CC(NC(=O)[C@H]1Cc2ccc(O)cc2CN1)C(C)C. The Kier molecular flexibility index (Phi) is 7.91. The predicted octanol–water partition coefficient (Wildman–Crippen LogP) is 2.67. The number of hydrogen-bond acceptors (Lipinski definition) is 4. The first-order valence-corrected chi connectivity index (χ1v) is 10.0. The summed E-state index contributed by atoms with van der Waals surface area (Å²) < 4.78 is 0. The number of phenols is 1. The van der Waals surface area contributed by atoms with Crippen LogP contribution >= 0.6 is 0 Å². The first-order valence-electron chi connectivity index (χ1n) is 10.0. The summed E-state index contributed by atoms with van der Waals surface area (Å²) in [4.78, 5) is 15.3. The Balaban J connectivity index is 1.98. The zero-order valence-corrected chi connectivity index (χ0v) is 16.7. The Morgan fingerprint density at radius 2 is 1.96 bits per heavy atom. The first kappa shape index (κ1) is 20.7. The van der Waals surface area contributed by atoms with Crippen LogP contribution in [-0.4, -0.2) is 47.6 Å². The van der Waals surface area contributed by atoms with Crippen LogP contribution in [0.15, 0.2) is 18.2 Å². The maximum Gasteiger partial charge on any atom is 0.237 e. The lowest BCUT2D eigenvalue weighted by Crippen LogP contribution is -2.54. The van der Waals surface area contributed by atoms with E-state index in [9.17, 15) is 9.90 Å². The van der Waals surface area contributed by atoms with Crippen LogP contribution in [-0.2, 0) is 17.8 Å². The van der Waals surface area contributed by atoms with Gasteiger partial charge in [0, 0.05) is 19.1 Å². The summed E-state index contributed by atoms with van der Waals surface area (Å²) in [6.07, 6.45) is 2.93. The molecule has 5 nitrogen and oxygen atoms in total. The molecule has 146 valence electrons. The van der Waals surface area contributed by atoms with Crippen molar-refractivity contribution in [3.05, 3.63) is 29.3 Å². The number of nitrogens with one attached hydrogen (secondary N) is 2. The second-order valence-electron chi connectivity index (χ2n) is 7.75. The summed E-state index contributed by atoms with van der Waals surface area (Å²) in [5, 5.41) is 16.2. The molecule has 1 aliphatic heterocycles. The highest BCUT2D eigenvalue weighted by atomic mass is 16.3. The zero-order chi connectivity index (χ0) is 19.1. The fraction of sp³-hybridized carbons (Fsp3) is 0.667. The van der Waals surface area contributed by atoms with E-state index >= 15 is 0 Å². The molecule has 0 aromatic heterocycles. The number of phenolic OH excluding ortho intramolecular Hbond substituents is 1. The Bertz CT molecular complexity index is 583. The van der Waals surface area contributed by atoms with Crippen molar-refractivity contribution in [1.82, 2.24) is 15.5 Å². The molecule has 1 aromatic rings. The molecule has 26 heavy (non-hydrogen) atoms. The number of hydrogen-bond donors (Lipinski definition) is 3. The lowest BCUT2D eigenvalue weighted by Gasteiger charge is -2.32. The molecule has 0 aliphatic carbocycles. The lowest BCUT2D eigenvalue weighted by molar-refractivity contribution is -0.124. The molecule has 5 heteroatoms. The molecule has 0 saturated carbocycles. The molecule has 1 aromatic carbocycles. The van der Waals surface area contributed by atoms with Gasteiger partial charge >= 0.3 is 0 Å². The standard InChI is InChI=1S/C21H35N3O2/c1-5-9-24(10-6-2)14-20(15(3)4)23-21(26)19-12-16-7-8-18(25)11-17(16)13-22-19/h7-8,11,15,19-20,22,25H,5-6,9-10,12-14H2,1-4H3,(H,23,26)/t19-,20?/m1/s1. The molecule has 0 radical (unpaired) electrons. The molecule has 2 rings (SSSR count). The fourth-order valence-corrected chi connectivity index (χ4v) is 3.60. The van der Waals surface area contributed by atoms with E-state index in [1.807, 2.05) is 6.07 Å². The van der Waals surface area contributed by atoms with E-state index in [1.54, 1.807) is 12.1 Å². The van der Waals surface area contributed by atoms with Gasteiger partial charge in [0.15, 0.2) is 0 Å². The number of benzene rings is 1. The second-order valence-corrected chi connectivity index (χ2v) is 7.75. The summed E-state index contributed by atoms with van der Waals surface area (Å²) >= 11 is 0. The molecular weight excluding hydrogens is 326 g/mol. The molecular formula is C21H35N3O2. The zero-order valence-electron chi connectivity index (χ0n) is 16.7. The monoisotopic (exact) mass is 361 g/mol. The van der Waals surface area contributed by atoms with Crippen molar-refractivity contribution in [3.63, 3.8) is 0 Å². The molecule has 0 bridgehead atoms. The Labute approximate surface area is 158 Å². The molecule has 1 unspecified atom stereocenters. The Hall–Kier alpha value is -1.59. The van der Waals surface area contributed by atoms with Crippen molar-refractivity contribution in [2.45, 2.75) is 65.6 Å². The van der Waals surface area contributed by atoms with Gasteiger partial charge in [-0.05, 0) is 61.5 Å². The summed E-state index contributed by atoms with van der Waals surface area (Å²) in [5.74, 6) is 0.749. The van der Waals surface area contributed by atoms with Crippen molar-refractivity contribution < 1.29 is 9.90 Å². The van der Waals surface area contributed by atoms with Crippen LogP contribution in [0.2, 0.25) is 0 Å². The van der Waals surface area contributed by atoms with Crippen LogP contribution in [0, 0.1) is 5.92 Å². The van der Waals surface area contributed by atoms with Gasteiger partial charge < -0.3 is 20.6 Å².